The molecule has 0 saturated carbocycles. The number of morpholine rings is 1. The number of carbonyl (C=O) groups excluding carboxylic acids is 1. The van der Waals surface area contributed by atoms with E-state index in [0.717, 1.165) is 42.1 Å². The summed E-state index contributed by atoms with van der Waals surface area (Å²) in [5, 5.41) is 3.11. The molecule has 0 bridgehead atoms. The number of nitrogens with zero attached hydrogens (tertiary/aromatic N) is 2. The van der Waals surface area contributed by atoms with E-state index in [-0.39, 0.29) is 11.9 Å². The minimum absolute atomic E-state index is 0.0420. The SMILES string of the molecule is CC(CN1CCOCC1)NC(=O)c1cccn1-c1cccc(I)c1. The highest BCUT2D eigenvalue weighted by Crippen LogP contribution is 2.16. The first-order valence-electron chi connectivity index (χ1n) is 8.18. The molecule has 3 rings (SSSR count). The van der Waals surface area contributed by atoms with E-state index < -0.39 is 0 Å². The predicted octanol–water partition coefficient (Wildman–Crippen LogP) is 2.53. The zero-order valence-corrected chi connectivity index (χ0v) is 15.9. The summed E-state index contributed by atoms with van der Waals surface area (Å²) in [5.74, 6) is -0.0420. The number of ether oxygens (including phenoxy) is 1. The lowest BCUT2D eigenvalue weighted by molar-refractivity contribution is 0.0342. The van der Waals surface area contributed by atoms with E-state index in [1.807, 2.05) is 48.0 Å². The van der Waals surface area contributed by atoms with E-state index in [4.69, 9.17) is 4.74 Å². The van der Waals surface area contributed by atoms with Crippen LogP contribution in [-0.2, 0) is 4.74 Å². The Kier molecular flexibility index (Phi) is 5.91. The molecule has 1 aromatic carbocycles. The van der Waals surface area contributed by atoms with Gasteiger partial charge in [-0.05, 0) is 59.8 Å². The van der Waals surface area contributed by atoms with Gasteiger partial charge in [0.05, 0.1) is 13.2 Å². The van der Waals surface area contributed by atoms with Gasteiger partial charge in [-0.1, -0.05) is 6.07 Å². The number of benzene rings is 1. The first-order chi connectivity index (χ1) is 11.6. The summed E-state index contributed by atoms with van der Waals surface area (Å²) in [6, 6.07) is 12.0. The second kappa shape index (κ2) is 8.13. The Balaban J connectivity index is 1.66. The molecule has 1 aliphatic rings. The molecule has 0 radical (unpaired) electrons. The van der Waals surface area contributed by atoms with Crippen LogP contribution in [0, 0.1) is 3.57 Å². The third-order valence-electron chi connectivity index (χ3n) is 4.08. The van der Waals surface area contributed by atoms with Crippen molar-refractivity contribution in [2.75, 3.05) is 32.8 Å². The first kappa shape index (κ1) is 17.4. The lowest BCUT2D eigenvalue weighted by Gasteiger charge is -2.29. The van der Waals surface area contributed by atoms with Crippen molar-refractivity contribution < 1.29 is 9.53 Å². The Bertz CT molecular complexity index is 695. The summed E-state index contributed by atoms with van der Waals surface area (Å²) < 4.78 is 8.44. The quantitative estimate of drug-likeness (QED) is 0.729. The van der Waals surface area contributed by atoms with Gasteiger partial charge in [0.25, 0.3) is 5.91 Å². The van der Waals surface area contributed by atoms with Crippen LogP contribution in [0.3, 0.4) is 0 Å². The molecule has 1 aliphatic heterocycles. The fourth-order valence-electron chi connectivity index (χ4n) is 2.93. The number of carbonyl (C=O) groups is 1. The van der Waals surface area contributed by atoms with E-state index in [2.05, 4.69) is 38.9 Å². The summed E-state index contributed by atoms with van der Waals surface area (Å²) in [5.41, 5.74) is 1.66. The van der Waals surface area contributed by atoms with Gasteiger partial charge in [0, 0.05) is 41.1 Å². The molecule has 2 heterocycles. The van der Waals surface area contributed by atoms with Crippen LogP contribution in [-0.4, -0.2) is 54.3 Å². The van der Waals surface area contributed by atoms with Crippen molar-refractivity contribution in [3.05, 3.63) is 51.9 Å². The Morgan fingerprint density at radius 2 is 2.08 bits per heavy atom. The fraction of sp³-hybridized carbons (Fsp3) is 0.389. The first-order valence-corrected chi connectivity index (χ1v) is 9.25. The molecule has 1 atom stereocenters. The minimum atomic E-state index is -0.0420. The average Bonchev–Trinajstić information content (AvgIpc) is 3.05. The topological polar surface area (TPSA) is 46.5 Å². The van der Waals surface area contributed by atoms with Gasteiger partial charge in [-0.15, -0.1) is 0 Å². The van der Waals surface area contributed by atoms with Crippen molar-refractivity contribution in [2.24, 2.45) is 0 Å². The van der Waals surface area contributed by atoms with Gasteiger partial charge in [0.1, 0.15) is 5.69 Å². The fourth-order valence-corrected chi connectivity index (χ4v) is 3.46. The number of hydrogen-bond donors (Lipinski definition) is 1. The maximum Gasteiger partial charge on any atom is 0.268 e. The molecule has 128 valence electrons. The highest BCUT2D eigenvalue weighted by molar-refractivity contribution is 14.1. The van der Waals surface area contributed by atoms with Crippen molar-refractivity contribution >= 4 is 28.5 Å². The summed E-state index contributed by atoms with van der Waals surface area (Å²) in [6.07, 6.45) is 1.92. The largest absolute Gasteiger partial charge is 0.379 e. The van der Waals surface area contributed by atoms with Crippen molar-refractivity contribution in [3.8, 4) is 5.69 Å². The summed E-state index contributed by atoms with van der Waals surface area (Å²) >= 11 is 2.28. The van der Waals surface area contributed by atoms with Crippen molar-refractivity contribution in [3.63, 3.8) is 0 Å². The molecule has 1 unspecified atom stereocenters. The third-order valence-corrected chi connectivity index (χ3v) is 4.75. The van der Waals surface area contributed by atoms with Gasteiger partial charge >= 0.3 is 0 Å². The van der Waals surface area contributed by atoms with Crippen molar-refractivity contribution in [1.82, 2.24) is 14.8 Å². The maximum absolute atomic E-state index is 12.7. The van der Waals surface area contributed by atoms with Crippen LogP contribution in [0.2, 0.25) is 0 Å². The maximum atomic E-state index is 12.7. The van der Waals surface area contributed by atoms with Crippen molar-refractivity contribution in [2.45, 2.75) is 13.0 Å². The molecule has 1 aromatic heterocycles. The van der Waals surface area contributed by atoms with Crippen LogP contribution < -0.4 is 5.32 Å². The van der Waals surface area contributed by atoms with E-state index in [0.29, 0.717) is 5.69 Å². The summed E-state index contributed by atoms with van der Waals surface area (Å²) in [7, 11) is 0. The van der Waals surface area contributed by atoms with E-state index in [1.165, 1.54) is 0 Å². The molecule has 2 aromatic rings. The molecule has 1 amide bonds. The highest BCUT2D eigenvalue weighted by atomic mass is 127. The monoisotopic (exact) mass is 439 g/mol. The number of halogens is 1. The van der Waals surface area contributed by atoms with Crippen LogP contribution in [0.15, 0.2) is 42.6 Å². The molecule has 5 nitrogen and oxygen atoms in total. The number of aromatic nitrogens is 1. The molecule has 0 aliphatic carbocycles. The van der Waals surface area contributed by atoms with Gasteiger partial charge in [0.15, 0.2) is 0 Å². The summed E-state index contributed by atoms with van der Waals surface area (Å²) in [4.78, 5) is 15.0. The highest BCUT2D eigenvalue weighted by Gasteiger charge is 2.18. The average molecular weight is 439 g/mol. The lowest BCUT2D eigenvalue weighted by Crippen LogP contribution is -2.46. The van der Waals surface area contributed by atoms with E-state index in [1.54, 1.807) is 0 Å². The van der Waals surface area contributed by atoms with Gasteiger partial charge < -0.3 is 14.6 Å². The lowest BCUT2D eigenvalue weighted by atomic mass is 10.2. The normalized spacial score (nSPS) is 16.8. The van der Waals surface area contributed by atoms with Gasteiger partial charge in [0.2, 0.25) is 0 Å². The number of amides is 1. The molecule has 1 saturated heterocycles. The molecule has 1 fully saturated rings. The molecule has 0 spiro atoms. The third kappa shape index (κ3) is 4.37. The zero-order chi connectivity index (χ0) is 16.9. The zero-order valence-electron chi connectivity index (χ0n) is 13.7. The van der Waals surface area contributed by atoms with Crippen LogP contribution in [0.4, 0.5) is 0 Å². The second-order valence-corrected chi connectivity index (χ2v) is 7.28. The molecular formula is C18H22IN3O2. The van der Waals surface area contributed by atoms with Crippen molar-refractivity contribution in [1.29, 1.82) is 0 Å². The number of hydrogen-bond acceptors (Lipinski definition) is 3. The molecule has 24 heavy (non-hydrogen) atoms. The minimum Gasteiger partial charge on any atom is -0.379 e. The Morgan fingerprint density at radius 1 is 1.29 bits per heavy atom. The molecule has 1 N–H and O–H groups in total. The van der Waals surface area contributed by atoms with Gasteiger partial charge in [-0.25, -0.2) is 0 Å². The standard InChI is InChI=1S/C18H22IN3O2/c1-14(13-21-8-10-24-11-9-21)20-18(23)17-6-3-7-22(17)16-5-2-4-15(19)12-16/h2-7,12,14H,8-11,13H2,1H3,(H,20,23). The molecular weight excluding hydrogens is 417 g/mol. The van der Waals surface area contributed by atoms with Crippen LogP contribution >= 0.6 is 22.6 Å². The Labute approximate surface area is 156 Å². The molecule has 6 heteroatoms. The Hall–Kier alpha value is -1.38. The van der Waals surface area contributed by atoms with Crippen LogP contribution in [0.5, 0.6) is 0 Å². The van der Waals surface area contributed by atoms with Gasteiger partial charge in [-0.3, -0.25) is 9.69 Å². The van der Waals surface area contributed by atoms with Gasteiger partial charge in [-0.2, -0.15) is 0 Å². The second-order valence-electron chi connectivity index (χ2n) is 6.03. The number of nitrogens with one attached hydrogen (secondary N) is 1. The van der Waals surface area contributed by atoms with E-state index in [9.17, 15) is 4.79 Å². The summed E-state index contributed by atoms with van der Waals surface area (Å²) in [6.45, 7) is 6.30. The Morgan fingerprint density at radius 3 is 2.83 bits per heavy atom. The van der Waals surface area contributed by atoms with E-state index >= 15 is 0 Å². The van der Waals surface area contributed by atoms with Crippen LogP contribution in [0.25, 0.3) is 5.69 Å². The predicted molar refractivity (Wildman–Crippen MR) is 103 cm³/mol. The number of rotatable bonds is 5. The smallest absolute Gasteiger partial charge is 0.268 e. The van der Waals surface area contributed by atoms with Crippen LogP contribution in [0.1, 0.15) is 17.4 Å².